The van der Waals surface area contributed by atoms with Gasteiger partial charge in [0.25, 0.3) is 0 Å². The monoisotopic (exact) mass is 310 g/mol. The van der Waals surface area contributed by atoms with Gasteiger partial charge in [0.15, 0.2) is 5.01 Å². The highest BCUT2D eigenvalue weighted by atomic mass is 32.1. The maximum atomic E-state index is 12.7. The summed E-state index contributed by atoms with van der Waals surface area (Å²) in [5.74, 6) is 0. The Kier molecular flexibility index (Phi) is 5.97. The molecule has 20 heavy (non-hydrogen) atoms. The minimum absolute atomic E-state index is 0.300. The van der Waals surface area contributed by atoms with E-state index in [1.54, 1.807) is 7.11 Å². The molecule has 1 aromatic rings. The summed E-state index contributed by atoms with van der Waals surface area (Å²) in [6, 6.07) is -0.300. The molecule has 1 aromatic heterocycles. The molecule has 0 radical (unpaired) electrons. The van der Waals surface area contributed by atoms with Gasteiger partial charge in [-0.25, -0.2) is 4.98 Å². The first-order chi connectivity index (χ1) is 9.28. The number of nitrogens with one attached hydrogen (secondary N) is 1. The van der Waals surface area contributed by atoms with Crippen molar-refractivity contribution in [2.24, 2.45) is 0 Å². The Morgan fingerprint density at radius 1 is 1.40 bits per heavy atom. The molecule has 0 bridgehead atoms. The van der Waals surface area contributed by atoms with Crippen LogP contribution < -0.4 is 5.32 Å². The van der Waals surface area contributed by atoms with E-state index < -0.39 is 16.8 Å². The second-order valence-electron chi connectivity index (χ2n) is 4.82. The van der Waals surface area contributed by atoms with Crippen LogP contribution in [0, 0.1) is 0 Å². The summed E-state index contributed by atoms with van der Waals surface area (Å²) in [5, 5.41) is 2.46. The van der Waals surface area contributed by atoms with Crippen LogP contribution in [0.25, 0.3) is 0 Å². The predicted molar refractivity (Wildman–Crippen MR) is 73.9 cm³/mol. The lowest BCUT2D eigenvalue weighted by atomic mass is 9.92. The Labute approximate surface area is 121 Å². The van der Waals surface area contributed by atoms with Crippen LogP contribution in [0.3, 0.4) is 0 Å². The highest BCUT2D eigenvalue weighted by Crippen LogP contribution is 2.39. The second kappa shape index (κ2) is 6.87. The molecule has 3 nitrogen and oxygen atoms in total. The zero-order valence-electron chi connectivity index (χ0n) is 12.2. The maximum absolute atomic E-state index is 12.7. The van der Waals surface area contributed by atoms with E-state index in [9.17, 15) is 13.2 Å². The van der Waals surface area contributed by atoms with E-state index in [4.69, 9.17) is 4.74 Å². The molecule has 0 fully saturated rings. The zero-order valence-corrected chi connectivity index (χ0v) is 13.0. The van der Waals surface area contributed by atoms with E-state index in [1.165, 1.54) is 6.20 Å². The van der Waals surface area contributed by atoms with Gasteiger partial charge in [0.2, 0.25) is 0 Å². The average molecular weight is 310 g/mol. The Morgan fingerprint density at radius 3 is 2.45 bits per heavy atom. The number of rotatable bonds is 7. The smallest absolute Gasteiger partial charge is 0.377 e. The minimum atomic E-state index is -4.39. The minimum Gasteiger partial charge on any atom is -0.377 e. The van der Waals surface area contributed by atoms with Gasteiger partial charge in [0.05, 0.1) is 11.6 Å². The molecular formula is C13H21F3N2OS. The molecule has 2 atom stereocenters. The lowest BCUT2D eigenvalue weighted by molar-refractivity contribution is -0.137. The van der Waals surface area contributed by atoms with E-state index in [-0.39, 0.29) is 6.04 Å². The molecule has 0 aromatic carbocycles. The Hall–Kier alpha value is -0.660. The lowest BCUT2D eigenvalue weighted by Gasteiger charge is -2.35. The number of hydrogen-bond donors (Lipinski definition) is 1. The summed E-state index contributed by atoms with van der Waals surface area (Å²) in [7, 11) is 1.58. The van der Waals surface area contributed by atoms with Crippen LogP contribution in [0.15, 0.2) is 6.20 Å². The van der Waals surface area contributed by atoms with Crippen LogP contribution in [0.1, 0.15) is 49.5 Å². The number of halogens is 3. The standard InChI is InChI=1S/C13H21F3N2OS/c1-5-7-17-10(12(3,6-2)19-4)9-8-18-11(20-9)13(14,15)16/h8,10,17H,5-7H2,1-4H3. The third kappa shape index (κ3) is 3.93. The molecule has 116 valence electrons. The largest absolute Gasteiger partial charge is 0.443 e. The number of ether oxygens (including phenoxy) is 1. The lowest BCUT2D eigenvalue weighted by Crippen LogP contribution is -2.42. The van der Waals surface area contributed by atoms with Crippen molar-refractivity contribution in [3.63, 3.8) is 0 Å². The molecule has 0 spiro atoms. The molecule has 0 aliphatic carbocycles. The van der Waals surface area contributed by atoms with Crippen molar-refractivity contribution in [2.75, 3.05) is 13.7 Å². The SMILES string of the molecule is CCCNC(c1cnc(C(F)(F)F)s1)C(C)(CC)OC. The van der Waals surface area contributed by atoms with E-state index in [0.717, 1.165) is 6.42 Å². The first kappa shape index (κ1) is 17.4. The summed E-state index contributed by atoms with van der Waals surface area (Å²) in [4.78, 5) is 4.05. The van der Waals surface area contributed by atoms with Crippen LogP contribution in [0.5, 0.6) is 0 Å². The molecule has 2 unspecified atom stereocenters. The number of nitrogens with zero attached hydrogens (tertiary/aromatic N) is 1. The van der Waals surface area contributed by atoms with Gasteiger partial charge in [0, 0.05) is 18.2 Å². The topological polar surface area (TPSA) is 34.2 Å². The first-order valence-corrected chi connectivity index (χ1v) is 7.41. The van der Waals surface area contributed by atoms with Crippen molar-refractivity contribution in [3.05, 3.63) is 16.1 Å². The quantitative estimate of drug-likeness (QED) is 0.826. The van der Waals surface area contributed by atoms with Crippen molar-refractivity contribution in [3.8, 4) is 0 Å². The van der Waals surface area contributed by atoms with Crippen molar-refractivity contribution in [1.82, 2.24) is 10.3 Å². The summed E-state index contributed by atoms with van der Waals surface area (Å²) in [6.45, 7) is 6.57. The fraction of sp³-hybridized carbons (Fsp3) is 0.769. The number of aromatic nitrogens is 1. The Morgan fingerprint density at radius 2 is 2.05 bits per heavy atom. The fourth-order valence-corrected chi connectivity index (χ4v) is 2.92. The molecule has 0 aliphatic heterocycles. The van der Waals surface area contributed by atoms with E-state index in [0.29, 0.717) is 29.2 Å². The highest BCUT2D eigenvalue weighted by molar-refractivity contribution is 7.11. The summed E-state index contributed by atoms with van der Waals surface area (Å²) >= 11 is 0.677. The number of methoxy groups -OCH3 is 1. The Balaban J connectivity index is 3.08. The second-order valence-corrected chi connectivity index (χ2v) is 5.89. The molecule has 1 N–H and O–H groups in total. The summed E-state index contributed by atoms with van der Waals surface area (Å²) in [6.07, 6.45) is -1.52. The maximum Gasteiger partial charge on any atom is 0.443 e. The van der Waals surface area contributed by atoms with Crippen molar-refractivity contribution >= 4 is 11.3 Å². The van der Waals surface area contributed by atoms with Crippen LogP contribution in [0.2, 0.25) is 0 Å². The van der Waals surface area contributed by atoms with Gasteiger partial charge in [-0.3, -0.25) is 0 Å². The van der Waals surface area contributed by atoms with Gasteiger partial charge in [-0.2, -0.15) is 13.2 Å². The summed E-state index contributed by atoms with van der Waals surface area (Å²) < 4.78 is 43.6. The number of alkyl halides is 3. The first-order valence-electron chi connectivity index (χ1n) is 6.60. The predicted octanol–water partition coefficient (Wildman–Crippen LogP) is 4.02. The molecule has 0 saturated heterocycles. The molecular weight excluding hydrogens is 289 g/mol. The van der Waals surface area contributed by atoms with E-state index in [1.807, 2.05) is 20.8 Å². The average Bonchev–Trinajstić information content (AvgIpc) is 2.88. The summed E-state index contributed by atoms with van der Waals surface area (Å²) in [5.41, 5.74) is -0.565. The number of hydrogen-bond acceptors (Lipinski definition) is 4. The van der Waals surface area contributed by atoms with E-state index >= 15 is 0 Å². The van der Waals surface area contributed by atoms with Crippen molar-refractivity contribution in [1.29, 1.82) is 0 Å². The van der Waals surface area contributed by atoms with Crippen LogP contribution in [-0.4, -0.2) is 24.2 Å². The van der Waals surface area contributed by atoms with Crippen LogP contribution >= 0.6 is 11.3 Å². The van der Waals surface area contributed by atoms with Crippen molar-refractivity contribution in [2.45, 2.75) is 51.4 Å². The van der Waals surface area contributed by atoms with Crippen molar-refractivity contribution < 1.29 is 17.9 Å². The molecule has 0 aliphatic rings. The van der Waals surface area contributed by atoms with Gasteiger partial charge < -0.3 is 10.1 Å². The third-order valence-electron chi connectivity index (χ3n) is 3.43. The number of thiazole rings is 1. The molecule has 0 saturated carbocycles. The molecule has 1 rings (SSSR count). The van der Waals surface area contributed by atoms with Crippen LogP contribution in [0.4, 0.5) is 13.2 Å². The third-order valence-corrected chi connectivity index (χ3v) is 4.54. The van der Waals surface area contributed by atoms with Gasteiger partial charge in [-0.15, -0.1) is 11.3 Å². The van der Waals surface area contributed by atoms with Gasteiger partial charge in [0.1, 0.15) is 0 Å². The highest BCUT2D eigenvalue weighted by Gasteiger charge is 2.39. The van der Waals surface area contributed by atoms with Gasteiger partial charge >= 0.3 is 6.18 Å². The van der Waals surface area contributed by atoms with Gasteiger partial charge in [-0.05, 0) is 26.3 Å². The normalized spacial score (nSPS) is 16.9. The van der Waals surface area contributed by atoms with E-state index in [2.05, 4.69) is 10.3 Å². The molecule has 0 amide bonds. The zero-order chi connectivity index (χ0) is 15.4. The molecule has 1 heterocycles. The van der Waals surface area contributed by atoms with Gasteiger partial charge in [-0.1, -0.05) is 13.8 Å². The molecule has 7 heteroatoms. The Bertz CT molecular complexity index is 416. The fourth-order valence-electron chi connectivity index (χ4n) is 1.92. The van der Waals surface area contributed by atoms with Crippen LogP contribution in [-0.2, 0) is 10.9 Å².